The molecule has 34 heavy (non-hydrogen) atoms. The van der Waals surface area contributed by atoms with Gasteiger partial charge in [-0.05, 0) is 44.2 Å². The van der Waals surface area contributed by atoms with Gasteiger partial charge in [0, 0.05) is 28.8 Å². The van der Waals surface area contributed by atoms with Gasteiger partial charge in [-0.15, -0.1) is 11.3 Å². The molecular formula is C26H27FN6S. The van der Waals surface area contributed by atoms with Crippen LogP contribution < -0.4 is 0 Å². The molecule has 0 spiro atoms. The van der Waals surface area contributed by atoms with Gasteiger partial charge in [-0.25, -0.2) is 9.97 Å². The predicted molar refractivity (Wildman–Crippen MR) is 138 cm³/mol. The first-order chi connectivity index (χ1) is 16.5. The van der Waals surface area contributed by atoms with E-state index in [0.717, 1.165) is 72.7 Å². The summed E-state index contributed by atoms with van der Waals surface area (Å²) in [6, 6.07) is 9.23. The number of allylic oxidation sites excluding steroid dienone is 2. The van der Waals surface area contributed by atoms with Crippen LogP contribution in [0.2, 0.25) is 0 Å². The Morgan fingerprint density at radius 3 is 2.62 bits per heavy atom. The Morgan fingerprint density at radius 1 is 1.18 bits per heavy atom. The van der Waals surface area contributed by atoms with Crippen molar-refractivity contribution in [2.45, 2.75) is 27.7 Å². The monoisotopic (exact) mass is 474 g/mol. The molecule has 0 aliphatic heterocycles. The molecule has 0 radical (unpaired) electrons. The summed E-state index contributed by atoms with van der Waals surface area (Å²) in [5.41, 5.74) is 7.78. The fourth-order valence-corrected chi connectivity index (χ4v) is 4.59. The zero-order chi connectivity index (χ0) is 24.4. The van der Waals surface area contributed by atoms with Gasteiger partial charge in [0.15, 0.2) is 5.13 Å². The summed E-state index contributed by atoms with van der Waals surface area (Å²) in [7, 11) is 1.97. The maximum absolute atomic E-state index is 13.7. The molecule has 0 amide bonds. The molecule has 0 bridgehead atoms. The quantitative estimate of drug-likeness (QED) is 0.275. The summed E-state index contributed by atoms with van der Waals surface area (Å²) in [6.45, 7) is 11.8. The highest BCUT2D eigenvalue weighted by molar-refractivity contribution is 7.11. The van der Waals surface area contributed by atoms with Gasteiger partial charge >= 0.3 is 0 Å². The van der Waals surface area contributed by atoms with Crippen LogP contribution in [0.1, 0.15) is 35.8 Å². The third-order valence-electron chi connectivity index (χ3n) is 5.57. The minimum atomic E-state index is -0.219. The summed E-state index contributed by atoms with van der Waals surface area (Å²) in [5.74, 6) is 0.922. The number of hydrogen-bond donors (Lipinski definition) is 2. The third-order valence-corrected chi connectivity index (χ3v) is 6.48. The Hall–Kier alpha value is -3.78. The van der Waals surface area contributed by atoms with E-state index < -0.39 is 0 Å². The number of fused-ring (bicyclic) bond motifs is 1. The SMILES string of the molecule is C=C/C=C(/c1ccc(F)s1)c1cc(-c2n[nH]c3ccc(-c4cnc(C)n4C)nc23)[nH]c1C.CC. The first-order valence-electron chi connectivity index (χ1n) is 11.1. The molecular weight excluding hydrogens is 447 g/mol. The molecule has 0 saturated carbocycles. The van der Waals surface area contributed by atoms with E-state index in [1.54, 1.807) is 12.1 Å². The van der Waals surface area contributed by atoms with E-state index >= 15 is 0 Å². The zero-order valence-electron chi connectivity index (χ0n) is 19.9. The second kappa shape index (κ2) is 9.61. The largest absolute Gasteiger partial charge is 0.357 e. The molecule has 0 fully saturated rings. The van der Waals surface area contributed by atoms with Crippen LogP contribution in [0.3, 0.4) is 0 Å². The van der Waals surface area contributed by atoms with Gasteiger partial charge in [0.1, 0.15) is 17.0 Å². The van der Waals surface area contributed by atoms with Gasteiger partial charge in [-0.1, -0.05) is 32.6 Å². The van der Waals surface area contributed by atoms with Gasteiger partial charge in [0.2, 0.25) is 0 Å². The zero-order valence-corrected chi connectivity index (χ0v) is 20.7. The minimum absolute atomic E-state index is 0.219. The van der Waals surface area contributed by atoms with E-state index in [4.69, 9.17) is 4.98 Å². The van der Waals surface area contributed by atoms with Crippen molar-refractivity contribution in [2.75, 3.05) is 0 Å². The van der Waals surface area contributed by atoms with Crippen LogP contribution in [0.5, 0.6) is 0 Å². The Labute approximate surface area is 201 Å². The first kappa shape index (κ1) is 23.4. The van der Waals surface area contributed by atoms with E-state index in [9.17, 15) is 4.39 Å². The summed E-state index contributed by atoms with van der Waals surface area (Å²) in [5, 5.41) is 7.38. The fourth-order valence-electron chi connectivity index (χ4n) is 3.82. The van der Waals surface area contributed by atoms with E-state index in [1.165, 1.54) is 6.07 Å². The lowest BCUT2D eigenvalue weighted by molar-refractivity contribution is 0.657. The Kier molecular flexibility index (Phi) is 6.61. The second-order valence-electron chi connectivity index (χ2n) is 7.56. The summed E-state index contributed by atoms with van der Waals surface area (Å²) < 4.78 is 15.7. The number of hydrogen-bond acceptors (Lipinski definition) is 4. The smallest absolute Gasteiger partial charge is 0.176 e. The molecule has 0 aromatic carbocycles. The van der Waals surface area contributed by atoms with Crippen molar-refractivity contribution >= 4 is 27.9 Å². The molecule has 6 nitrogen and oxygen atoms in total. The van der Waals surface area contributed by atoms with Crippen LogP contribution >= 0.6 is 11.3 Å². The Morgan fingerprint density at radius 2 is 1.97 bits per heavy atom. The lowest BCUT2D eigenvalue weighted by Crippen LogP contribution is -1.96. The number of pyridine rings is 1. The highest BCUT2D eigenvalue weighted by Crippen LogP contribution is 2.35. The number of halogens is 1. The van der Waals surface area contributed by atoms with Crippen LogP contribution in [0.15, 0.2) is 55.3 Å². The molecule has 0 unspecified atom stereocenters. The summed E-state index contributed by atoms with van der Waals surface area (Å²) in [4.78, 5) is 13.5. The molecule has 2 N–H and O–H groups in total. The molecule has 0 saturated heterocycles. The van der Waals surface area contributed by atoms with Gasteiger partial charge in [0.25, 0.3) is 0 Å². The number of nitrogens with one attached hydrogen (secondary N) is 2. The lowest BCUT2D eigenvalue weighted by Gasteiger charge is -2.03. The number of aromatic nitrogens is 6. The molecule has 5 aromatic rings. The van der Waals surface area contributed by atoms with E-state index in [2.05, 4.69) is 26.7 Å². The molecule has 5 heterocycles. The summed E-state index contributed by atoms with van der Waals surface area (Å²) in [6.07, 6.45) is 5.44. The number of nitrogens with zero attached hydrogens (tertiary/aromatic N) is 4. The van der Waals surface area contributed by atoms with Crippen molar-refractivity contribution in [3.63, 3.8) is 0 Å². The van der Waals surface area contributed by atoms with Crippen molar-refractivity contribution in [3.05, 3.63) is 82.3 Å². The van der Waals surface area contributed by atoms with Gasteiger partial charge in [0.05, 0.1) is 28.8 Å². The molecule has 5 aromatic heterocycles. The van der Waals surface area contributed by atoms with E-state index in [-0.39, 0.29) is 5.13 Å². The number of thiophene rings is 1. The van der Waals surface area contributed by atoms with Crippen LogP contribution in [0.4, 0.5) is 4.39 Å². The number of aryl methyl sites for hydroxylation is 2. The Balaban J connectivity index is 0.00000133. The second-order valence-corrected chi connectivity index (χ2v) is 8.59. The van der Waals surface area contributed by atoms with Crippen molar-refractivity contribution in [2.24, 2.45) is 7.05 Å². The highest BCUT2D eigenvalue weighted by Gasteiger charge is 2.18. The topological polar surface area (TPSA) is 75.2 Å². The summed E-state index contributed by atoms with van der Waals surface area (Å²) >= 11 is 1.11. The molecule has 8 heteroatoms. The molecule has 0 aliphatic rings. The van der Waals surface area contributed by atoms with Crippen LogP contribution in [0, 0.1) is 19.0 Å². The Bertz CT molecular complexity index is 1500. The molecule has 174 valence electrons. The number of aromatic amines is 2. The maximum atomic E-state index is 13.7. The third kappa shape index (κ3) is 4.12. The van der Waals surface area contributed by atoms with Crippen LogP contribution in [-0.2, 0) is 7.05 Å². The minimum Gasteiger partial charge on any atom is -0.357 e. The van der Waals surface area contributed by atoms with Gasteiger partial charge in [-0.3, -0.25) is 5.10 Å². The average Bonchev–Trinajstić information content (AvgIpc) is 3.61. The lowest BCUT2D eigenvalue weighted by atomic mass is 10.0. The van der Waals surface area contributed by atoms with E-state index in [0.29, 0.717) is 0 Å². The maximum Gasteiger partial charge on any atom is 0.176 e. The predicted octanol–water partition coefficient (Wildman–Crippen LogP) is 6.81. The van der Waals surface area contributed by atoms with Gasteiger partial charge in [-0.2, -0.15) is 9.49 Å². The normalized spacial score (nSPS) is 11.5. The van der Waals surface area contributed by atoms with E-state index in [1.807, 2.05) is 69.8 Å². The fraction of sp³-hybridized carbons (Fsp3) is 0.192. The molecule has 5 rings (SSSR count). The average molecular weight is 475 g/mol. The first-order valence-corrected chi connectivity index (χ1v) is 11.9. The van der Waals surface area contributed by atoms with Crippen molar-refractivity contribution in [1.29, 1.82) is 0 Å². The number of H-pyrrole nitrogens is 2. The van der Waals surface area contributed by atoms with Crippen molar-refractivity contribution in [3.8, 4) is 22.8 Å². The van der Waals surface area contributed by atoms with Crippen molar-refractivity contribution in [1.82, 2.24) is 29.7 Å². The van der Waals surface area contributed by atoms with Crippen LogP contribution in [-0.4, -0.2) is 29.7 Å². The molecule has 0 aliphatic carbocycles. The van der Waals surface area contributed by atoms with Crippen molar-refractivity contribution < 1.29 is 4.39 Å². The highest BCUT2D eigenvalue weighted by atomic mass is 32.1. The number of rotatable bonds is 5. The van der Waals surface area contributed by atoms with Gasteiger partial charge < -0.3 is 9.55 Å². The van der Waals surface area contributed by atoms with Crippen LogP contribution in [0.25, 0.3) is 39.4 Å². The standard InChI is InChI=1S/C24H21FN6S.C2H6/c1-5-6-15(21-9-10-22(25)32-21)16-11-19(27-13(16)2)24-23-18(29-30-24)8-7-17(28-23)20-12-26-14(3)31(20)4;1-2/h5-12,27H,1H2,2-4H3,(H,29,30);1-2H3/b15-6+;. The number of imidazole rings is 1. The molecule has 0 atom stereocenters.